The third-order valence-corrected chi connectivity index (χ3v) is 4.28. The van der Waals surface area contributed by atoms with Crippen molar-refractivity contribution in [2.45, 2.75) is 26.2 Å². The Morgan fingerprint density at radius 2 is 1.72 bits per heavy atom. The first-order valence-corrected chi connectivity index (χ1v) is 8.91. The molecule has 5 heteroatoms. The first kappa shape index (κ1) is 17.1. The first-order valence-electron chi connectivity index (χ1n) is 8.91. The minimum Gasteiger partial charge on any atom is -0.492 e. The average Bonchev–Trinajstić information content (AvgIpc) is 2.65. The van der Waals surface area contributed by atoms with Gasteiger partial charge in [-0.25, -0.2) is 4.79 Å². The molecule has 0 aromatic heterocycles. The van der Waals surface area contributed by atoms with Gasteiger partial charge in [-0.1, -0.05) is 12.1 Å². The summed E-state index contributed by atoms with van der Waals surface area (Å²) >= 11 is 0. The van der Waals surface area contributed by atoms with E-state index in [1.54, 1.807) is 0 Å². The molecule has 2 aromatic rings. The highest BCUT2D eigenvalue weighted by molar-refractivity contribution is 6.00. The van der Waals surface area contributed by atoms with Crippen molar-refractivity contribution in [3.05, 3.63) is 48.5 Å². The van der Waals surface area contributed by atoms with E-state index in [1.165, 1.54) is 24.9 Å². The number of piperidine rings is 1. The standard InChI is InChI=1S/C20H25N3O2/c1-2-25-19-9-5-4-8-18(19)22-20(24)21-16-10-12-17(13-11-16)23-14-6-3-7-15-23/h4-5,8-13H,2-3,6-7,14-15H2,1H3,(H2,21,22,24). The maximum atomic E-state index is 12.2. The van der Waals surface area contributed by atoms with E-state index in [2.05, 4.69) is 27.7 Å². The van der Waals surface area contributed by atoms with Crippen LogP contribution >= 0.6 is 0 Å². The summed E-state index contributed by atoms with van der Waals surface area (Å²) in [6.07, 6.45) is 3.82. The molecule has 0 atom stereocenters. The predicted molar refractivity (Wildman–Crippen MR) is 103 cm³/mol. The Labute approximate surface area is 149 Å². The van der Waals surface area contributed by atoms with E-state index in [-0.39, 0.29) is 6.03 Å². The van der Waals surface area contributed by atoms with Crippen LogP contribution in [0.5, 0.6) is 5.75 Å². The number of rotatable bonds is 5. The molecule has 1 aliphatic rings. The summed E-state index contributed by atoms with van der Waals surface area (Å²) in [6.45, 7) is 4.70. The van der Waals surface area contributed by atoms with Crippen molar-refractivity contribution in [2.24, 2.45) is 0 Å². The summed E-state index contributed by atoms with van der Waals surface area (Å²) < 4.78 is 5.52. The molecule has 2 N–H and O–H groups in total. The number of anilines is 3. The molecule has 0 radical (unpaired) electrons. The van der Waals surface area contributed by atoms with Crippen molar-refractivity contribution in [1.29, 1.82) is 0 Å². The average molecular weight is 339 g/mol. The zero-order chi connectivity index (χ0) is 17.5. The van der Waals surface area contributed by atoms with Crippen molar-refractivity contribution in [2.75, 3.05) is 35.2 Å². The van der Waals surface area contributed by atoms with E-state index in [0.29, 0.717) is 18.0 Å². The fourth-order valence-electron chi connectivity index (χ4n) is 3.04. The highest BCUT2D eigenvalue weighted by Crippen LogP contribution is 2.25. The number of ether oxygens (including phenoxy) is 1. The highest BCUT2D eigenvalue weighted by atomic mass is 16.5. The molecule has 1 saturated heterocycles. The molecule has 3 rings (SSSR count). The van der Waals surface area contributed by atoms with Gasteiger partial charge in [-0.3, -0.25) is 0 Å². The smallest absolute Gasteiger partial charge is 0.323 e. The van der Waals surface area contributed by atoms with Gasteiger partial charge in [-0.15, -0.1) is 0 Å². The largest absolute Gasteiger partial charge is 0.492 e. The second kappa shape index (κ2) is 8.42. The minimum absolute atomic E-state index is 0.280. The van der Waals surface area contributed by atoms with Crippen LogP contribution in [0.25, 0.3) is 0 Å². The molecule has 2 amide bonds. The van der Waals surface area contributed by atoms with Crippen molar-refractivity contribution < 1.29 is 9.53 Å². The van der Waals surface area contributed by atoms with Crippen LogP contribution < -0.4 is 20.3 Å². The number of hydrogen-bond acceptors (Lipinski definition) is 3. The SMILES string of the molecule is CCOc1ccccc1NC(=O)Nc1ccc(N2CCCCC2)cc1. The molecule has 25 heavy (non-hydrogen) atoms. The van der Waals surface area contributed by atoms with Crippen molar-refractivity contribution >= 4 is 23.1 Å². The van der Waals surface area contributed by atoms with Gasteiger partial charge in [0.05, 0.1) is 12.3 Å². The van der Waals surface area contributed by atoms with Gasteiger partial charge in [0.1, 0.15) is 5.75 Å². The summed E-state index contributed by atoms with van der Waals surface area (Å²) in [6, 6.07) is 15.1. The molecule has 0 saturated carbocycles. The summed E-state index contributed by atoms with van der Waals surface area (Å²) in [5, 5.41) is 5.70. The number of carbonyl (C=O) groups excluding carboxylic acids is 1. The lowest BCUT2D eigenvalue weighted by Gasteiger charge is -2.28. The third-order valence-electron chi connectivity index (χ3n) is 4.28. The van der Waals surface area contributed by atoms with Gasteiger partial charge in [0.25, 0.3) is 0 Å². The first-order chi connectivity index (χ1) is 12.3. The van der Waals surface area contributed by atoms with Crippen molar-refractivity contribution in [1.82, 2.24) is 0 Å². The highest BCUT2D eigenvalue weighted by Gasteiger charge is 2.11. The molecule has 0 spiro atoms. The monoisotopic (exact) mass is 339 g/mol. The third kappa shape index (κ3) is 4.66. The quantitative estimate of drug-likeness (QED) is 0.829. The van der Waals surface area contributed by atoms with Crippen LogP contribution in [0.4, 0.5) is 21.9 Å². The van der Waals surface area contributed by atoms with Crippen LogP contribution in [-0.2, 0) is 0 Å². The van der Waals surface area contributed by atoms with E-state index >= 15 is 0 Å². The molecule has 132 valence electrons. The van der Waals surface area contributed by atoms with Crippen LogP contribution in [-0.4, -0.2) is 25.7 Å². The Morgan fingerprint density at radius 1 is 1.00 bits per heavy atom. The Hall–Kier alpha value is -2.69. The Balaban J connectivity index is 1.59. The van der Waals surface area contributed by atoms with Gasteiger partial charge < -0.3 is 20.3 Å². The zero-order valence-electron chi connectivity index (χ0n) is 14.6. The molecule has 0 unspecified atom stereocenters. The molecule has 0 aliphatic carbocycles. The number of benzene rings is 2. The van der Waals surface area contributed by atoms with Gasteiger partial charge in [-0.05, 0) is 62.6 Å². The number of nitrogens with one attached hydrogen (secondary N) is 2. The number of para-hydroxylation sites is 2. The summed E-state index contributed by atoms with van der Waals surface area (Å²) in [5.41, 5.74) is 2.64. The predicted octanol–water partition coefficient (Wildman–Crippen LogP) is 4.72. The van der Waals surface area contributed by atoms with Crippen molar-refractivity contribution in [3.63, 3.8) is 0 Å². The molecule has 2 aromatic carbocycles. The van der Waals surface area contributed by atoms with Crippen LogP contribution in [0, 0.1) is 0 Å². The fourth-order valence-corrected chi connectivity index (χ4v) is 3.04. The lowest BCUT2D eigenvalue weighted by atomic mass is 10.1. The summed E-state index contributed by atoms with van der Waals surface area (Å²) in [5.74, 6) is 0.667. The van der Waals surface area contributed by atoms with Gasteiger partial charge >= 0.3 is 6.03 Å². The van der Waals surface area contributed by atoms with Crippen LogP contribution in [0.2, 0.25) is 0 Å². The van der Waals surface area contributed by atoms with E-state index < -0.39 is 0 Å². The van der Waals surface area contributed by atoms with Crippen molar-refractivity contribution in [3.8, 4) is 5.75 Å². The van der Waals surface area contributed by atoms with Gasteiger partial charge in [0, 0.05) is 24.5 Å². The molecular weight excluding hydrogens is 314 g/mol. The molecule has 5 nitrogen and oxygen atoms in total. The van der Waals surface area contributed by atoms with Gasteiger partial charge in [0.15, 0.2) is 0 Å². The maximum Gasteiger partial charge on any atom is 0.323 e. The fraction of sp³-hybridized carbons (Fsp3) is 0.350. The molecule has 0 bridgehead atoms. The number of carbonyl (C=O) groups is 1. The molecule has 1 aliphatic heterocycles. The van der Waals surface area contributed by atoms with E-state index in [4.69, 9.17) is 4.74 Å². The molecular formula is C20H25N3O2. The Morgan fingerprint density at radius 3 is 2.44 bits per heavy atom. The lowest BCUT2D eigenvalue weighted by Crippen LogP contribution is -2.29. The number of amides is 2. The Bertz CT molecular complexity index is 694. The van der Waals surface area contributed by atoms with E-state index in [9.17, 15) is 4.79 Å². The zero-order valence-corrected chi connectivity index (χ0v) is 14.6. The van der Waals surface area contributed by atoms with E-state index in [1.807, 2.05) is 43.3 Å². The van der Waals surface area contributed by atoms with Crippen LogP contribution in [0.3, 0.4) is 0 Å². The summed E-state index contributed by atoms with van der Waals surface area (Å²) in [4.78, 5) is 14.6. The second-order valence-corrected chi connectivity index (χ2v) is 6.10. The number of nitrogens with zero attached hydrogens (tertiary/aromatic N) is 1. The molecule has 1 fully saturated rings. The summed E-state index contributed by atoms with van der Waals surface area (Å²) in [7, 11) is 0. The number of hydrogen-bond donors (Lipinski definition) is 2. The molecule has 1 heterocycles. The topological polar surface area (TPSA) is 53.6 Å². The van der Waals surface area contributed by atoms with Gasteiger partial charge in [-0.2, -0.15) is 0 Å². The van der Waals surface area contributed by atoms with Crippen LogP contribution in [0.15, 0.2) is 48.5 Å². The minimum atomic E-state index is -0.280. The maximum absolute atomic E-state index is 12.2. The number of urea groups is 1. The van der Waals surface area contributed by atoms with Crippen LogP contribution in [0.1, 0.15) is 26.2 Å². The van der Waals surface area contributed by atoms with Gasteiger partial charge in [0.2, 0.25) is 0 Å². The Kier molecular flexibility index (Phi) is 5.77. The second-order valence-electron chi connectivity index (χ2n) is 6.10. The normalized spacial score (nSPS) is 14.0. The lowest BCUT2D eigenvalue weighted by molar-refractivity contribution is 0.262. The van der Waals surface area contributed by atoms with E-state index in [0.717, 1.165) is 18.8 Å².